The quantitative estimate of drug-likeness (QED) is 0.0805. The van der Waals surface area contributed by atoms with Gasteiger partial charge in [0.05, 0.1) is 0 Å². The summed E-state index contributed by atoms with van der Waals surface area (Å²) in [5, 5.41) is -4.96. The molecule has 0 radical (unpaired) electrons. The minimum Gasteiger partial charge on any atom is -0.304 e. The predicted molar refractivity (Wildman–Crippen MR) is 103 cm³/mol. The van der Waals surface area contributed by atoms with Gasteiger partial charge in [0.2, 0.25) is 5.82 Å². The molecule has 336 valence electrons. The number of rotatable bonds is 14. The molecule has 0 aliphatic carbocycles. The third-order valence-corrected chi connectivity index (χ3v) is 8.68. The van der Waals surface area contributed by atoms with Gasteiger partial charge in [-0.15, -0.1) is 0 Å². The lowest BCUT2D eigenvalue weighted by atomic mass is 9.88. The van der Waals surface area contributed by atoms with E-state index in [1.807, 2.05) is 0 Å². The summed E-state index contributed by atoms with van der Waals surface area (Å²) >= 11 is 0. The topological polar surface area (TPSA) is 27.7 Å². The van der Waals surface area contributed by atoms with Gasteiger partial charge in [-0.2, -0.15) is 127 Å². The first-order valence-corrected chi connectivity index (χ1v) is 13.6. The molecular formula is C19F34O3Si. The molecule has 0 aliphatic rings. The Balaban J connectivity index is 4.54. The summed E-state index contributed by atoms with van der Waals surface area (Å²) in [5.41, 5.74) is 0. The normalized spacial score (nSPS) is 16.1. The molecule has 3 nitrogen and oxygen atoms in total. The molecule has 1 aromatic carbocycles. The summed E-state index contributed by atoms with van der Waals surface area (Å²) in [7, 11) is -10.7. The van der Waals surface area contributed by atoms with Crippen LogP contribution in [0.3, 0.4) is 0 Å². The lowest BCUT2D eigenvalue weighted by molar-refractivity contribution is -0.480. The van der Waals surface area contributed by atoms with Crippen molar-refractivity contribution in [2.45, 2.75) is 78.3 Å². The van der Waals surface area contributed by atoms with Crippen molar-refractivity contribution >= 4 is 14.0 Å². The highest BCUT2D eigenvalue weighted by atomic mass is 28.4. The minimum atomic E-state index is -10.7. The Kier molecular flexibility index (Phi) is 12.5. The van der Waals surface area contributed by atoms with Crippen molar-refractivity contribution in [3.63, 3.8) is 0 Å². The first-order valence-electron chi connectivity index (χ1n) is 11.9. The van der Waals surface area contributed by atoms with Gasteiger partial charge in [0.25, 0.3) is 0 Å². The van der Waals surface area contributed by atoms with Gasteiger partial charge in [0.15, 0.2) is 23.3 Å². The second kappa shape index (κ2) is 13.7. The zero-order chi connectivity index (χ0) is 46.6. The van der Waals surface area contributed by atoms with Crippen molar-refractivity contribution in [3.8, 4) is 0 Å². The molecule has 0 atom stereocenters. The van der Waals surface area contributed by atoms with Gasteiger partial charge in [-0.3, -0.25) is 0 Å². The van der Waals surface area contributed by atoms with Crippen LogP contribution in [0.25, 0.3) is 0 Å². The van der Waals surface area contributed by atoms with Crippen LogP contribution in [0, 0.1) is 29.1 Å². The van der Waals surface area contributed by atoms with E-state index in [0.29, 0.717) is 0 Å². The molecule has 0 aromatic heterocycles. The van der Waals surface area contributed by atoms with E-state index in [1.54, 1.807) is 13.3 Å². The summed E-state index contributed by atoms with van der Waals surface area (Å²) in [5.74, 6) is -89.6. The molecule has 0 fully saturated rings. The number of benzene rings is 1. The molecule has 1 aromatic rings. The molecule has 0 bridgehead atoms. The van der Waals surface area contributed by atoms with Crippen LogP contribution in [-0.2, 0) is 13.3 Å². The van der Waals surface area contributed by atoms with Crippen LogP contribution in [0.4, 0.5) is 149 Å². The molecule has 0 amide bonds. The predicted octanol–water partition coefficient (Wildman–Crippen LogP) is 10.5. The van der Waals surface area contributed by atoms with E-state index < -0.39 is 121 Å². The zero-order valence-corrected chi connectivity index (χ0v) is 25.1. The minimum absolute atomic E-state index is 1.55. The molecule has 38 heteroatoms. The molecule has 0 spiro atoms. The highest BCUT2D eigenvalue weighted by molar-refractivity contribution is 6.75. The summed E-state index contributed by atoms with van der Waals surface area (Å²) in [6.45, 7) is 0. The van der Waals surface area contributed by atoms with Crippen molar-refractivity contribution in [2.75, 3.05) is 0 Å². The van der Waals surface area contributed by atoms with E-state index >= 15 is 0 Å². The standard InChI is InChI=1S/C19F34O3Si/c20-1-2(21)4(23)6(5(24)3(1)22)57(55-18(50,51)15(42,43)44,56-19(52,53)16(45,46)47)54-17(48,49)13(37,38)11(33,34)9(29,30)7(25,26)8(27,28)10(31,32)12(35,36)14(39,40)41. The summed E-state index contributed by atoms with van der Waals surface area (Å²) in [4.78, 5) is 0. The third kappa shape index (κ3) is 7.54. The van der Waals surface area contributed by atoms with E-state index in [-0.39, 0.29) is 0 Å². The fraction of sp³-hybridized carbons (Fsp3) is 0.684. The van der Waals surface area contributed by atoms with Crippen molar-refractivity contribution < 1.29 is 163 Å². The van der Waals surface area contributed by atoms with Gasteiger partial charge >= 0.3 is 87.1 Å². The van der Waals surface area contributed by atoms with Crippen molar-refractivity contribution in [3.05, 3.63) is 29.1 Å². The maximum absolute atomic E-state index is 14.6. The van der Waals surface area contributed by atoms with Crippen molar-refractivity contribution in [1.29, 1.82) is 0 Å². The van der Waals surface area contributed by atoms with Gasteiger partial charge in [0, 0.05) is 0 Å². The average molecular weight is 950 g/mol. The second-order valence-corrected chi connectivity index (χ2v) is 12.1. The monoisotopic (exact) mass is 950 g/mol. The average Bonchev–Trinajstić information content (AvgIpc) is 2.95. The molecule has 0 heterocycles. The molecular weight excluding hydrogens is 950 g/mol. The van der Waals surface area contributed by atoms with E-state index in [0.717, 1.165) is 0 Å². The molecule has 0 unspecified atom stereocenters. The fourth-order valence-electron chi connectivity index (χ4n) is 3.12. The van der Waals surface area contributed by atoms with Crippen LogP contribution in [0.2, 0.25) is 0 Å². The van der Waals surface area contributed by atoms with Crippen LogP contribution in [-0.4, -0.2) is 87.1 Å². The molecule has 0 saturated carbocycles. The molecule has 0 aliphatic heterocycles. The first kappa shape index (κ1) is 52.0. The van der Waals surface area contributed by atoms with Crippen LogP contribution in [0.5, 0.6) is 0 Å². The van der Waals surface area contributed by atoms with Gasteiger partial charge in [-0.05, 0) is 0 Å². The zero-order valence-electron chi connectivity index (χ0n) is 24.1. The van der Waals surface area contributed by atoms with Crippen molar-refractivity contribution in [1.82, 2.24) is 0 Å². The maximum Gasteiger partial charge on any atom is 0.557 e. The van der Waals surface area contributed by atoms with Gasteiger partial charge in [-0.1, -0.05) is 0 Å². The largest absolute Gasteiger partial charge is 0.557 e. The second-order valence-electron chi connectivity index (χ2n) is 9.87. The Bertz CT molecular complexity index is 1590. The molecule has 0 saturated heterocycles. The van der Waals surface area contributed by atoms with Crippen LogP contribution in [0.1, 0.15) is 0 Å². The highest BCUT2D eigenvalue weighted by Gasteiger charge is 2.97. The number of alkyl halides is 29. The van der Waals surface area contributed by atoms with E-state index in [9.17, 15) is 149 Å². The van der Waals surface area contributed by atoms with Gasteiger partial charge in [0.1, 0.15) is 5.19 Å². The smallest absolute Gasteiger partial charge is 0.304 e. The lowest BCUT2D eigenvalue weighted by Crippen LogP contribution is -2.77. The van der Waals surface area contributed by atoms with Gasteiger partial charge < -0.3 is 13.3 Å². The Labute approximate surface area is 285 Å². The summed E-state index contributed by atoms with van der Waals surface area (Å²) in [6.07, 6.45) is -50.9. The van der Waals surface area contributed by atoms with E-state index in [4.69, 9.17) is 0 Å². The maximum atomic E-state index is 14.6. The summed E-state index contributed by atoms with van der Waals surface area (Å²) in [6, 6.07) is 0. The Morgan fingerprint density at radius 2 is 0.456 bits per heavy atom. The molecule has 0 N–H and O–H groups in total. The number of hydrogen-bond acceptors (Lipinski definition) is 3. The molecule has 57 heavy (non-hydrogen) atoms. The SMILES string of the molecule is Fc1c(F)c(F)c([Si](OC(F)(F)C(F)(F)F)(OC(F)(F)C(F)(F)F)OC(F)(F)C(F)(F)C(F)(F)C(F)(F)C(F)(F)C(F)(F)C(F)(F)C(F)(F)C(F)(F)F)c(F)c1F. The Hall–Kier alpha value is -3.06. The highest BCUT2D eigenvalue weighted by Crippen LogP contribution is 2.65. The van der Waals surface area contributed by atoms with Crippen LogP contribution >= 0.6 is 0 Å². The lowest BCUT2D eigenvalue weighted by Gasteiger charge is -2.44. The number of hydrogen-bond donors (Lipinski definition) is 0. The Morgan fingerprint density at radius 3 is 0.702 bits per heavy atom. The van der Waals surface area contributed by atoms with E-state index in [1.165, 1.54) is 0 Å². The number of halogens is 34. The van der Waals surface area contributed by atoms with Crippen molar-refractivity contribution in [2.24, 2.45) is 0 Å². The fourth-order valence-corrected chi connectivity index (χ4v) is 5.68. The van der Waals surface area contributed by atoms with Crippen LogP contribution < -0.4 is 5.19 Å². The summed E-state index contributed by atoms with van der Waals surface area (Å²) < 4.78 is 466. The third-order valence-electron chi connectivity index (χ3n) is 6.05. The van der Waals surface area contributed by atoms with Gasteiger partial charge in [-0.25, -0.2) is 22.0 Å². The van der Waals surface area contributed by atoms with E-state index in [2.05, 4.69) is 0 Å². The van der Waals surface area contributed by atoms with Crippen LogP contribution in [0.15, 0.2) is 0 Å². The first-order chi connectivity index (χ1) is 24.3. The molecule has 1 rings (SSSR count). The Morgan fingerprint density at radius 1 is 0.246 bits per heavy atom.